The molecule has 9 heteroatoms. The minimum Gasteiger partial charge on any atom is -0.481 e. The van der Waals surface area contributed by atoms with Gasteiger partial charge >= 0.3 is 5.97 Å². The lowest BCUT2D eigenvalue weighted by atomic mass is 9.62. The smallest absolute Gasteiger partial charge is 0.306 e. The van der Waals surface area contributed by atoms with Crippen LogP contribution in [-0.4, -0.2) is 41.3 Å². The average molecular weight is 611 g/mol. The Morgan fingerprint density at radius 3 is 2.34 bits per heavy atom. The number of aliphatic carboxylic acids is 1. The molecular weight excluding hydrogens is 571 g/mol. The van der Waals surface area contributed by atoms with Crippen LogP contribution in [0.15, 0.2) is 34.3 Å². The van der Waals surface area contributed by atoms with E-state index < -0.39 is 36.1 Å². The maximum atomic E-state index is 14.4. The fourth-order valence-electron chi connectivity index (χ4n) is 7.29. The van der Waals surface area contributed by atoms with E-state index in [0.717, 1.165) is 19.3 Å². The van der Waals surface area contributed by atoms with Crippen molar-refractivity contribution in [3.63, 3.8) is 0 Å². The number of Topliss-reactive ketones (excluding diaryl/α,β-unsaturated/α-hetero) is 2. The van der Waals surface area contributed by atoms with E-state index in [1.54, 1.807) is 18.2 Å². The molecule has 0 saturated heterocycles. The standard InChI is InChI=1S/C32H39Cl2F2NO4/c1-17-11-19(9-10-21(17)31(40)41)26-13-22(30(35)36)23(16-37-26)29(39)20(8-7-18-14-32(2,3)15-18)12-27(38)28-24(33)5-4-6-25(28)34/h4-6,16-21,26,30H,7-15H2,1-3H3,(H,40,41). The van der Waals surface area contributed by atoms with Gasteiger partial charge in [0.15, 0.2) is 11.6 Å². The minimum absolute atomic E-state index is 0.0241. The molecule has 4 rings (SSSR count). The Bertz CT molecular complexity index is 1220. The number of allylic oxidation sites excluding steroid dienone is 1. The Kier molecular flexibility index (Phi) is 10.1. The zero-order valence-corrected chi connectivity index (χ0v) is 25.4. The summed E-state index contributed by atoms with van der Waals surface area (Å²) in [5.41, 5.74) is 0.0641. The highest BCUT2D eigenvalue weighted by atomic mass is 35.5. The number of benzene rings is 1. The second kappa shape index (κ2) is 13.0. The van der Waals surface area contributed by atoms with E-state index in [2.05, 4.69) is 18.8 Å². The Morgan fingerprint density at radius 1 is 1.12 bits per heavy atom. The van der Waals surface area contributed by atoms with E-state index in [1.807, 2.05) is 6.92 Å². The number of hydrogen-bond donors (Lipinski definition) is 1. The van der Waals surface area contributed by atoms with E-state index in [4.69, 9.17) is 23.2 Å². The second-order valence-electron chi connectivity index (χ2n) is 13.1. The van der Waals surface area contributed by atoms with Gasteiger partial charge in [0.25, 0.3) is 6.43 Å². The van der Waals surface area contributed by atoms with Crippen molar-refractivity contribution >= 4 is 47.0 Å². The molecule has 1 aromatic carbocycles. The van der Waals surface area contributed by atoms with Gasteiger partial charge in [0.2, 0.25) is 0 Å². The number of halogens is 4. The van der Waals surface area contributed by atoms with Crippen LogP contribution in [0.25, 0.3) is 0 Å². The maximum absolute atomic E-state index is 14.4. The van der Waals surface area contributed by atoms with E-state index >= 15 is 0 Å². The van der Waals surface area contributed by atoms with Gasteiger partial charge in [-0.05, 0) is 86.7 Å². The summed E-state index contributed by atoms with van der Waals surface area (Å²) >= 11 is 12.5. The molecule has 5 nitrogen and oxygen atoms in total. The zero-order chi connectivity index (χ0) is 30.1. The Morgan fingerprint density at radius 2 is 1.78 bits per heavy atom. The van der Waals surface area contributed by atoms with Gasteiger partial charge < -0.3 is 5.11 Å². The third-order valence-corrected chi connectivity index (χ3v) is 10.1. The molecule has 1 heterocycles. The van der Waals surface area contributed by atoms with Gasteiger partial charge in [-0.15, -0.1) is 0 Å². The number of rotatable bonds is 11. The fraction of sp³-hybridized carbons (Fsp3) is 0.625. The normalized spacial score (nSPS) is 27.0. The second-order valence-corrected chi connectivity index (χ2v) is 13.9. The molecule has 2 fully saturated rings. The van der Waals surface area contributed by atoms with Crippen molar-refractivity contribution in [1.82, 2.24) is 0 Å². The number of carbonyl (C=O) groups excluding carboxylic acids is 2. The number of hydrogen-bond acceptors (Lipinski definition) is 4. The molecule has 1 aliphatic heterocycles. The molecule has 41 heavy (non-hydrogen) atoms. The summed E-state index contributed by atoms with van der Waals surface area (Å²) < 4.78 is 28.8. The van der Waals surface area contributed by atoms with E-state index in [-0.39, 0.29) is 62.6 Å². The SMILES string of the molecule is CC1CC(C2CC(C(F)F)=C(C(=O)C(CCC3CC(C)(C)C3)CC(=O)c3c(Cl)cccc3Cl)C=N2)CCC1C(=O)O. The molecule has 2 saturated carbocycles. The van der Waals surface area contributed by atoms with E-state index in [9.17, 15) is 28.3 Å². The first-order valence-electron chi connectivity index (χ1n) is 14.6. The molecule has 1 aromatic rings. The first kappa shape index (κ1) is 31.8. The molecule has 1 N–H and O–H groups in total. The van der Waals surface area contributed by atoms with Crippen molar-refractivity contribution in [3.8, 4) is 0 Å². The number of alkyl halides is 2. The lowest BCUT2D eigenvalue weighted by Crippen LogP contribution is -2.36. The van der Waals surface area contributed by atoms with Gasteiger partial charge in [-0.3, -0.25) is 19.4 Å². The fourth-order valence-corrected chi connectivity index (χ4v) is 7.90. The number of aliphatic imine (C=N–C) groups is 1. The third kappa shape index (κ3) is 7.45. The highest BCUT2D eigenvalue weighted by Crippen LogP contribution is 2.47. The monoisotopic (exact) mass is 609 g/mol. The highest BCUT2D eigenvalue weighted by Gasteiger charge is 2.40. The van der Waals surface area contributed by atoms with Crippen LogP contribution in [0.1, 0.15) is 88.9 Å². The number of nitrogens with zero attached hydrogens (tertiary/aromatic N) is 1. The Balaban J connectivity index is 1.54. The van der Waals surface area contributed by atoms with Crippen molar-refractivity contribution < 1.29 is 28.3 Å². The van der Waals surface area contributed by atoms with Crippen LogP contribution in [0.3, 0.4) is 0 Å². The first-order valence-corrected chi connectivity index (χ1v) is 15.3. The number of carbonyl (C=O) groups is 3. The summed E-state index contributed by atoms with van der Waals surface area (Å²) in [6.45, 7) is 6.27. The first-order chi connectivity index (χ1) is 19.3. The van der Waals surface area contributed by atoms with Crippen LogP contribution in [0.4, 0.5) is 8.78 Å². The summed E-state index contributed by atoms with van der Waals surface area (Å²) in [5, 5.41) is 9.83. The third-order valence-electron chi connectivity index (χ3n) is 9.42. The molecule has 3 aliphatic rings. The molecule has 0 bridgehead atoms. The van der Waals surface area contributed by atoms with Gasteiger partial charge in [-0.25, -0.2) is 8.78 Å². The number of dihydropyridines is 1. The number of carboxylic acid groups (broad SMARTS) is 1. The summed E-state index contributed by atoms with van der Waals surface area (Å²) in [4.78, 5) is 43.3. The molecule has 0 amide bonds. The largest absolute Gasteiger partial charge is 0.481 e. The number of ketones is 2. The number of carboxylic acids is 1. The van der Waals surface area contributed by atoms with Crippen molar-refractivity contribution in [3.05, 3.63) is 45.0 Å². The van der Waals surface area contributed by atoms with Crippen LogP contribution in [0.2, 0.25) is 10.0 Å². The van der Waals surface area contributed by atoms with Crippen molar-refractivity contribution in [2.45, 2.75) is 91.0 Å². The van der Waals surface area contributed by atoms with Gasteiger partial charge in [0.1, 0.15) is 0 Å². The van der Waals surface area contributed by atoms with Crippen molar-refractivity contribution in [2.24, 2.45) is 40.0 Å². The topological polar surface area (TPSA) is 83.8 Å². The summed E-state index contributed by atoms with van der Waals surface area (Å²) in [6.07, 6.45) is 3.08. The summed E-state index contributed by atoms with van der Waals surface area (Å²) in [6, 6.07) is 4.33. The lowest BCUT2D eigenvalue weighted by Gasteiger charge is -2.43. The molecular formula is C32H39Cl2F2NO4. The van der Waals surface area contributed by atoms with Gasteiger partial charge in [-0.1, -0.05) is 50.0 Å². The summed E-state index contributed by atoms with van der Waals surface area (Å²) in [5.74, 6) is -2.61. The quantitative estimate of drug-likeness (QED) is 0.255. The molecule has 5 atom stereocenters. The molecule has 224 valence electrons. The molecule has 0 aromatic heterocycles. The molecule has 0 spiro atoms. The van der Waals surface area contributed by atoms with Crippen LogP contribution < -0.4 is 0 Å². The Hall–Kier alpha value is -2.12. The van der Waals surface area contributed by atoms with Gasteiger partial charge in [0, 0.05) is 29.7 Å². The predicted molar refractivity (Wildman–Crippen MR) is 157 cm³/mol. The van der Waals surface area contributed by atoms with Crippen molar-refractivity contribution in [2.75, 3.05) is 0 Å². The van der Waals surface area contributed by atoms with Crippen LogP contribution in [-0.2, 0) is 9.59 Å². The van der Waals surface area contributed by atoms with Crippen LogP contribution in [0.5, 0.6) is 0 Å². The average Bonchev–Trinajstić information content (AvgIpc) is 2.88. The lowest BCUT2D eigenvalue weighted by molar-refractivity contribution is -0.145. The molecule has 5 unspecified atom stereocenters. The molecule has 0 radical (unpaired) electrons. The van der Waals surface area contributed by atoms with Gasteiger partial charge in [0.05, 0.1) is 27.6 Å². The van der Waals surface area contributed by atoms with Gasteiger partial charge in [-0.2, -0.15) is 0 Å². The zero-order valence-electron chi connectivity index (χ0n) is 23.8. The summed E-state index contributed by atoms with van der Waals surface area (Å²) in [7, 11) is 0. The minimum atomic E-state index is -2.84. The van der Waals surface area contributed by atoms with E-state index in [0.29, 0.717) is 31.6 Å². The Labute approximate surface area is 250 Å². The highest BCUT2D eigenvalue weighted by molar-refractivity contribution is 6.39. The van der Waals surface area contributed by atoms with Crippen LogP contribution >= 0.6 is 23.2 Å². The van der Waals surface area contributed by atoms with E-state index in [1.165, 1.54) is 6.21 Å². The van der Waals surface area contributed by atoms with Crippen molar-refractivity contribution in [1.29, 1.82) is 0 Å². The van der Waals surface area contributed by atoms with Crippen LogP contribution in [0, 0.1) is 35.0 Å². The molecule has 2 aliphatic carbocycles. The maximum Gasteiger partial charge on any atom is 0.306 e. The predicted octanol–water partition coefficient (Wildman–Crippen LogP) is 8.51.